The van der Waals surface area contributed by atoms with E-state index in [0.717, 1.165) is 24.5 Å². The molecule has 2 rings (SSSR count). The van der Waals surface area contributed by atoms with Crippen molar-refractivity contribution >= 4 is 0 Å². The molecule has 1 aliphatic carbocycles. The smallest absolute Gasteiger partial charge is 0.0724 e. The summed E-state index contributed by atoms with van der Waals surface area (Å²) in [5, 5.41) is 12.0. The van der Waals surface area contributed by atoms with Crippen LogP contribution in [0, 0.1) is 23.7 Å². The van der Waals surface area contributed by atoms with E-state index in [1.807, 2.05) is 6.92 Å². The minimum Gasteiger partial charge on any atom is -0.311 e. The molecule has 0 aliphatic heterocycles. The SMILES string of the molecule is Cc1cnc(CNCC2(CC#N)CC2)cn1. The molecular formula is C12H16N4. The fraction of sp³-hybridized carbons (Fsp3) is 0.583. The molecule has 1 aromatic heterocycles. The highest BCUT2D eigenvalue weighted by Crippen LogP contribution is 2.47. The summed E-state index contributed by atoms with van der Waals surface area (Å²) in [5.41, 5.74) is 2.15. The van der Waals surface area contributed by atoms with E-state index in [1.165, 1.54) is 12.8 Å². The van der Waals surface area contributed by atoms with E-state index in [-0.39, 0.29) is 5.41 Å². The zero-order valence-corrected chi connectivity index (χ0v) is 9.53. The molecule has 0 bridgehead atoms. The third-order valence-corrected chi connectivity index (χ3v) is 3.05. The van der Waals surface area contributed by atoms with Crippen molar-refractivity contribution in [1.29, 1.82) is 5.26 Å². The highest BCUT2D eigenvalue weighted by atomic mass is 14.9. The van der Waals surface area contributed by atoms with Gasteiger partial charge < -0.3 is 5.32 Å². The molecular weight excluding hydrogens is 200 g/mol. The Hall–Kier alpha value is -1.47. The molecule has 1 N–H and O–H groups in total. The molecule has 0 radical (unpaired) electrons. The van der Waals surface area contributed by atoms with E-state index < -0.39 is 0 Å². The van der Waals surface area contributed by atoms with Gasteiger partial charge >= 0.3 is 0 Å². The Morgan fingerprint density at radius 3 is 2.81 bits per heavy atom. The molecule has 1 aromatic rings. The van der Waals surface area contributed by atoms with Gasteiger partial charge in [0.25, 0.3) is 0 Å². The lowest BCUT2D eigenvalue weighted by atomic mass is 10.0. The summed E-state index contributed by atoms with van der Waals surface area (Å²) >= 11 is 0. The van der Waals surface area contributed by atoms with Gasteiger partial charge in [0.05, 0.1) is 17.5 Å². The van der Waals surface area contributed by atoms with Crippen LogP contribution in [0.3, 0.4) is 0 Å². The molecule has 0 unspecified atom stereocenters. The normalized spacial score (nSPS) is 16.8. The molecule has 4 heteroatoms. The first kappa shape index (κ1) is 11.0. The lowest BCUT2D eigenvalue weighted by Crippen LogP contribution is -2.23. The summed E-state index contributed by atoms with van der Waals surface area (Å²) in [5.74, 6) is 0. The maximum atomic E-state index is 8.69. The quantitative estimate of drug-likeness (QED) is 0.811. The van der Waals surface area contributed by atoms with Crippen LogP contribution in [-0.2, 0) is 6.54 Å². The highest BCUT2D eigenvalue weighted by molar-refractivity contribution is 5.03. The number of nitrogens with one attached hydrogen (secondary N) is 1. The van der Waals surface area contributed by atoms with Gasteiger partial charge in [-0.3, -0.25) is 9.97 Å². The van der Waals surface area contributed by atoms with Crippen LogP contribution in [0.4, 0.5) is 0 Å². The summed E-state index contributed by atoms with van der Waals surface area (Å²) in [7, 11) is 0. The van der Waals surface area contributed by atoms with Gasteiger partial charge in [-0.25, -0.2) is 0 Å². The summed E-state index contributed by atoms with van der Waals surface area (Å²) in [6.45, 7) is 3.58. The van der Waals surface area contributed by atoms with Crippen LogP contribution >= 0.6 is 0 Å². The predicted octanol–water partition coefficient (Wildman–Crippen LogP) is 1.57. The van der Waals surface area contributed by atoms with E-state index in [1.54, 1.807) is 12.4 Å². The second-order valence-electron chi connectivity index (χ2n) is 4.59. The third-order valence-electron chi connectivity index (χ3n) is 3.05. The van der Waals surface area contributed by atoms with Crippen molar-refractivity contribution in [3.63, 3.8) is 0 Å². The first-order valence-corrected chi connectivity index (χ1v) is 5.59. The number of rotatable bonds is 5. The lowest BCUT2D eigenvalue weighted by Gasteiger charge is -2.11. The Labute approximate surface area is 95.7 Å². The van der Waals surface area contributed by atoms with E-state index in [0.29, 0.717) is 6.42 Å². The Morgan fingerprint density at radius 1 is 1.44 bits per heavy atom. The maximum absolute atomic E-state index is 8.69. The molecule has 1 saturated carbocycles. The zero-order chi connectivity index (χ0) is 11.4. The predicted molar refractivity (Wildman–Crippen MR) is 60.4 cm³/mol. The Morgan fingerprint density at radius 2 is 2.25 bits per heavy atom. The van der Waals surface area contributed by atoms with E-state index in [4.69, 9.17) is 5.26 Å². The van der Waals surface area contributed by atoms with Crippen LogP contribution < -0.4 is 5.32 Å². The molecule has 1 heterocycles. The third kappa shape index (κ3) is 2.77. The van der Waals surface area contributed by atoms with Crippen LogP contribution in [0.1, 0.15) is 30.7 Å². The molecule has 84 valence electrons. The van der Waals surface area contributed by atoms with Gasteiger partial charge in [-0.05, 0) is 25.2 Å². The molecule has 0 saturated heterocycles. The highest BCUT2D eigenvalue weighted by Gasteiger charge is 2.41. The van der Waals surface area contributed by atoms with Crippen LogP contribution in [0.25, 0.3) is 0 Å². The standard InChI is InChI=1S/C12H16N4/c1-10-6-16-11(8-15-10)7-14-9-12(2-3-12)4-5-13/h6,8,14H,2-4,7,9H2,1H3. The molecule has 0 spiro atoms. The van der Waals surface area contributed by atoms with Crippen LogP contribution in [0.15, 0.2) is 12.4 Å². The minimum absolute atomic E-state index is 0.257. The van der Waals surface area contributed by atoms with Crippen LogP contribution in [0.2, 0.25) is 0 Å². The minimum atomic E-state index is 0.257. The van der Waals surface area contributed by atoms with Crippen LogP contribution in [-0.4, -0.2) is 16.5 Å². The van der Waals surface area contributed by atoms with Gasteiger partial charge in [0, 0.05) is 31.9 Å². The van der Waals surface area contributed by atoms with Crippen molar-refractivity contribution in [2.45, 2.75) is 32.7 Å². The summed E-state index contributed by atoms with van der Waals surface area (Å²) < 4.78 is 0. The molecule has 1 aliphatic rings. The van der Waals surface area contributed by atoms with Gasteiger partial charge in [0.15, 0.2) is 0 Å². The Balaban J connectivity index is 1.76. The van der Waals surface area contributed by atoms with E-state index in [2.05, 4.69) is 21.4 Å². The number of nitriles is 1. The fourth-order valence-corrected chi connectivity index (χ4v) is 1.73. The number of hydrogen-bond acceptors (Lipinski definition) is 4. The molecule has 4 nitrogen and oxygen atoms in total. The number of hydrogen-bond donors (Lipinski definition) is 1. The zero-order valence-electron chi connectivity index (χ0n) is 9.53. The second-order valence-corrected chi connectivity index (χ2v) is 4.59. The molecule has 1 fully saturated rings. The van der Waals surface area contributed by atoms with Crippen LogP contribution in [0.5, 0.6) is 0 Å². The van der Waals surface area contributed by atoms with E-state index >= 15 is 0 Å². The number of nitrogens with zero attached hydrogens (tertiary/aromatic N) is 3. The molecule has 0 aromatic carbocycles. The molecule has 16 heavy (non-hydrogen) atoms. The van der Waals surface area contributed by atoms with Crippen molar-refractivity contribution < 1.29 is 0 Å². The van der Waals surface area contributed by atoms with E-state index in [9.17, 15) is 0 Å². The number of aryl methyl sites for hydroxylation is 1. The van der Waals surface area contributed by atoms with Crippen molar-refractivity contribution in [3.05, 3.63) is 23.8 Å². The summed E-state index contributed by atoms with van der Waals surface area (Å²) in [6, 6.07) is 2.26. The molecule has 0 amide bonds. The molecule has 0 atom stereocenters. The van der Waals surface area contributed by atoms with Crippen molar-refractivity contribution in [1.82, 2.24) is 15.3 Å². The first-order chi connectivity index (χ1) is 7.74. The van der Waals surface area contributed by atoms with Gasteiger partial charge in [-0.2, -0.15) is 5.26 Å². The van der Waals surface area contributed by atoms with Gasteiger partial charge in [0.1, 0.15) is 0 Å². The average molecular weight is 216 g/mol. The Bertz CT molecular complexity index is 386. The maximum Gasteiger partial charge on any atom is 0.0724 e. The van der Waals surface area contributed by atoms with Gasteiger partial charge in [-0.1, -0.05) is 0 Å². The average Bonchev–Trinajstić information content (AvgIpc) is 3.02. The second kappa shape index (κ2) is 4.58. The topological polar surface area (TPSA) is 61.6 Å². The van der Waals surface area contributed by atoms with Crippen molar-refractivity contribution in [2.75, 3.05) is 6.54 Å². The largest absolute Gasteiger partial charge is 0.311 e. The lowest BCUT2D eigenvalue weighted by molar-refractivity contribution is 0.464. The monoisotopic (exact) mass is 216 g/mol. The summed E-state index contributed by atoms with van der Waals surface area (Å²) in [4.78, 5) is 8.47. The van der Waals surface area contributed by atoms with Crippen molar-refractivity contribution in [3.8, 4) is 6.07 Å². The Kier molecular flexibility index (Phi) is 3.16. The van der Waals surface area contributed by atoms with Crippen molar-refractivity contribution in [2.24, 2.45) is 5.41 Å². The first-order valence-electron chi connectivity index (χ1n) is 5.59. The fourth-order valence-electron chi connectivity index (χ4n) is 1.73. The summed E-state index contributed by atoms with van der Waals surface area (Å²) in [6.07, 6.45) is 6.59. The van der Waals surface area contributed by atoms with Gasteiger partial charge in [-0.15, -0.1) is 0 Å². The van der Waals surface area contributed by atoms with Gasteiger partial charge in [0.2, 0.25) is 0 Å². The number of aromatic nitrogens is 2.